The average molecular weight is 258 g/mol. The molecule has 0 aliphatic carbocycles. The van der Waals surface area contributed by atoms with Crippen LogP contribution in [0.15, 0.2) is 41.3 Å². The molecule has 1 aromatic heterocycles. The third-order valence-electron chi connectivity index (χ3n) is 3.66. The second-order valence-corrected chi connectivity index (χ2v) is 6.07. The number of nitrogens with zero attached hydrogens (tertiary/aromatic N) is 1. The van der Waals surface area contributed by atoms with Crippen molar-refractivity contribution in [3.63, 3.8) is 0 Å². The van der Waals surface area contributed by atoms with Crippen molar-refractivity contribution < 1.29 is 0 Å². The Kier molecular flexibility index (Phi) is 3.76. The van der Waals surface area contributed by atoms with E-state index in [-0.39, 0.29) is 17.0 Å². The number of aromatic nitrogens is 1. The summed E-state index contributed by atoms with van der Waals surface area (Å²) in [6.45, 7) is 7.23. The lowest BCUT2D eigenvalue weighted by atomic mass is 9.86. The lowest BCUT2D eigenvalue weighted by Crippen LogP contribution is -2.43. The van der Waals surface area contributed by atoms with Gasteiger partial charge in [-0.3, -0.25) is 4.79 Å². The predicted octanol–water partition coefficient (Wildman–Crippen LogP) is 2.64. The first kappa shape index (κ1) is 13.8. The Hall–Kier alpha value is -1.61. The summed E-state index contributed by atoms with van der Waals surface area (Å²) in [7, 11) is 1.95. The Morgan fingerprint density at radius 2 is 1.89 bits per heavy atom. The van der Waals surface area contributed by atoms with Gasteiger partial charge < -0.3 is 9.88 Å². The molecule has 3 heteroatoms. The van der Waals surface area contributed by atoms with Gasteiger partial charge in [-0.2, -0.15) is 0 Å². The zero-order chi connectivity index (χ0) is 14.0. The summed E-state index contributed by atoms with van der Waals surface area (Å²) < 4.78 is 1.80. The Bertz CT molecular complexity index is 622. The van der Waals surface area contributed by atoms with Crippen molar-refractivity contribution in [3.05, 3.63) is 46.9 Å². The van der Waals surface area contributed by atoms with E-state index in [2.05, 4.69) is 26.1 Å². The van der Waals surface area contributed by atoms with E-state index < -0.39 is 0 Å². The molecule has 1 unspecified atom stereocenters. The molecule has 2 rings (SSSR count). The Labute approximate surface area is 114 Å². The summed E-state index contributed by atoms with van der Waals surface area (Å²) in [5.41, 5.74) is 0.197. The Morgan fingerprint density at radius 1 is 1.21 bits per heavy atom. The van der Waals surface area contributed by atoms with Crippen molar-refractivity contribution in [1.82, 2.24) is 9.88 Å². The lowest BCUT2D eigenvalue weighted by molar-refractivity contribution is 0.253. The summed E-state index contributed by atoms with van der Waals surface area (Å²) >= 11 is 0. The maximum Gasteiger partial charge on any atom is 0.258 e. The van der Waals surface area contributed by atoms with Gasteiger partial charge in [-0.05, 0) is 30.0 Å². The van der Waals surface area contributed by atoms with Crippen LogP contribution in [0.1, 0.15) is 20.8 Å². The Balaban J connectivity index is 2.41. The normalized spacial score (nSPS) is 13.7. The molecule has 102 valence electrons. The number of rotatable bonds is 3. The first-order valence-electron chi connectivity index (χ1n) is 6.69. The molecule has 3 nitrogen and oxygen atoms in total. The third-order valence-corrected chi connectivity index (χ3v) is 3.66. The van der Waals surface area contributed by atoms with E-state index in [0.29, 0.717) is 6.54 Å². The van der Waals surface area contributed by atoms with Crippen LogP contribution in [0.5, 0.6) is 0 Å². The van der Waals surface area contributed by atoms with Crippen LogP contribution < -0.4 is 10.9 Å². The molecule has 19 heavy (non-hydrogen) atoms. The standard InChI is InChI=1S/C16H22N2O/c1-16(2,3)14(17-4)11-18-10-9-12-7-5-6-8-13(12)15(18)19/h5-10,14,17H,11H2,1-4H3. The molecule has 0 spiro atoms. The van der Waals surface area contributed by atoms with Crippen LogP contribution in [0, 0.1) is 5.41 Å². The smallest absolute Gasteiger partial charge is 0.258 e. The molecule has 0 radical (unpaired) electrons. The van der Waals surface area contributed by atoms with Gasteiger partial charge in [-0.1, -0.05) is 39.0 Å². The number of likely N-dealkylation sites (N-methyl/N-ethyl adjacent to an activating group) is 1. The first-order chi connectivity index (χ1) is 8.93. The SMILES string of the molecule is CNC(Cn1ccc2ccccc2c1=O)C(C)(C)C. The average Bonchev–Trinajstić information content (AvgIpc) is 2.37. The molecule has 1 N–H and O–H groups in total. The molecule has 0 aliphatic rings. The van der Waals surface area contributed by atoms with Crippen LogP contribution in [0.2, 0.25) is 0 Å². The van der Waals surface area contributed by atoms with Crippen molar-refractivity contribution in [1.29, 1.82) is 0 Å². The zero-order valence-electron chi connectivity index (χ0n) is 12.1. The van der Waals surface area contributed by atoms with Crippen LogP contribution in [0.25, 0.3) is 10.8 Å². The fraction of sp³-hybridized carbons (Fsp3) is 0.438. The molecule has 1 aromatic carbocycles. The lowest BCUT2D eigenvalue weighted by Gasteiger charge is -2.30. The second kappa shape index (κ2) is 5.17. The van der Waals surface area contributed by atoms with Gasteiger partial charge in [0, 0.05) is 24.2 Å². The van der Waals surface area contributed by atoms with Gasteiger partial charge in [0.15, 0.2) is 0 Å². The number of hydrogen-bond acceptors (Lipinski definition) is 2. The van der Waals surface area contributed by atoms with E-state index in [4.69, 9.17) is 0 Å². The highest BCUT2D eigenvalue weighted by atomic mass is 16.1. The summed E-state index contributed by atoms with van der Waals surface area (Å²) in [5, 5.41) is 5.09. The molecule has 0 amide bonds. The largest absolute Gasteiger partial charge is 0.315 e. The highest BCUT2D eigenvalue weighted by Gasteiger charge is 2.23. The predicted molar refractivity (Wildman–Crippen MR) is 80.5 cm³/mol. The minimum absolute atomic E-state index is 0.0857. The molecule has 0 saturated heterocycles. The monoisotopic (exact) mass is 258 g/mol. The van der Waals surface area contributed by atoms with Gasteiger partial charge in [-0.15, -0.1) is 0 Å². The summed E-state index contributed by atoms with van der Waals surface area (Å²) in [6, 6.07) is 9.99. The molecule has 2 aromatic rings. The minimum atomic E-state index is 0.0857. The van der Waals surface area contributed by atoms with Crippen LogP contribution in [-0.4, -0.2) is 17.7 Å². The van der Waals surface area contributed by atoms with Gasteiger partial charge in [-0.25, -0.2) is 0 Å². The van der Waals surface area contributed by atoms with Crippen molar-refractivity contribution >= 4 is 10.8 Å². The van der Waals surface area contributed by atoms with E-state index >= 15 is 0 Å². The third kappa shape index (κ3) is 2.87. The topological polar surface area (TPSA) is 34.0 Å². The fourth-order valence-corrected chi connectivity index (χ4v) is 2.37. The summed E-state index contributed by atoms with van der Waals surface area (Å²) in [4.78, 5) is 12.4. The van der Waals surface area contributed by atoms with E-state index in [9.17, 15) is 4.79 Å². The van der Waals surface area contributed by atoms with E-state index in [0.717, 1.165) is 10.8 Å². The molecule has 0 aliphatic heterocycles. The van der Waals surface area contributed by atoms with Crippen molar-refractivity contribution in [2.75, 3.05) is 7.05 Å². The van der Waals surface area contributed by atoms with Crippen LogP contribution in [-0.2, 0) is 6.54 Å². The van der Waals surface area contributed by atoms with Gasteiger partial charge in [0.2, 0.25) is 0 Å². The molecular formula is C16H22N2O. The number of hydrogen-bond donors (Lipinski definition) is 1. The molecule has 0 fully saturated rings. The van der Waals surface area contributed by atoms with E-state index in [1.807, 2.05) is 43.6 Å². The van der Waals surface area contributed by atoms with Gasteiger partial charge >= 0.3 is 0 Å². The van der Waals surface area contributed by atoms with Gasteiger partial charge in [0.05, 0.1) is 0 Å². The second-order valence-electron chi connectivity index (χ2n) is 6.07. The fourth-order valence-electron chi connectivity index (χ4n) is 2.37. The van der Waals surface area contributed by atoms with Crippen molar-refractivity contribution in [3.8, 4) is 0 Å². The van der Waals surface area contributed by atoms with Crippen molar-refractivity contribution in [2.24, 2.45) is 5.41 Å². The van der Waals surface area contributed by atoms with Crippen LogP contribution >= 0.6 is 0 Å². The van der Waals surface area contributed by atoms with E-state index in [1.54, 1.807) is 4.57 Å². The minimum Gasteiger partial charge on any atom is -0.315 e. The van der Waals surface area contributed by atoms with Crippen molar-refractivity contribution in [2.45, 2.75) is 33.4 Å². The number of pyridine rings is 1. The quantitative estimate of drug-likeness (QED) is 0.918. The van der Waals surface area contributed by atoms with Crippen LogP contribution in [0.4, 0.5) is 0 Å². The molecule has 1 heterocycles. The maximum absolute atomic E-state index is 12.4. The molecule has 1 atom stereocenters. The maximum atomic E-state index is 12.4. The molecule has 0 bridgehead atoms. The summed E-state index contributed by atoms with van der Waals surface area (Å²) in [6.07, 6.45) is 1.89. The van der Waals surface area contributed by atoms with Gasteiger partial charge in [0.25, 0.3) is 5.56 Å². The number of nitrogens with one attached hydrogen (secondary N) is 1. The molecular weight excluding hydrogens is 236 g/mol. The molecule has 0 saturated carbocycles. The van der Waals surface area contributed by atoms with Crippen LogP contribution in [0.3, 0.4) is 0 Å². The highest BCUT2D eigenvalue weighted by molar-refractivity contribution is 5.81. The zero-order valence-corrected chi connectivity index (χ0v) is 12.1. The summed E-state index contributed by atoms with van der Waals surface area (Å²) in [5.74, 6) is 0. The Morgan fingerprint density at radius 3 is 2.53 bits per heavy atom. The number of benzene rings is 1. The van der Waals surface area contributed by atoms with E-state index in [1.165, 1.54) is 0 Å². The first-order valence-corrected chi connectivity index (χ1v) is 6.69. The highest BCUT2D eigenvalue weighted by Crippen LogP contribution is 2.20. The number of fused-ring (bicyclic) bond motifs is 1. The van der Waals surface area contributed by atoms with Gasteiger partial charge in [0.1, 0.15) is 0 Å².